The van der Waals surface area contributed by atoms with Gasteiger partial charge in [0, 0.05) is 0 Å². The van der Waals surface area contributed by atoms with Crippen LogP contribution in [0, 0.1) is 23.7 Å². The van der Waals surface area contributed by atoms with E-state index in [0.29, 0.717) is 12.2 Å². The topological polar surface area (TPSA) is 9.23 Å². The molecule has 0 spiro atoms. The average molecular weight is 236 g/mol. The Morgan fingerprint density at radius 3 is 2.76 bits per heavy atom. The maximum atomic E-state index is 6.36. The zero-order chi connectivity index (χ0) is 11.8. The van der Waals surface area contributed by atoms with Crippen LogP contribution < -0.4 is 0 Å². The molecule has 6 atom stereocenters. The van der Waals surface area contributed by atoms with Crippen LogP contribution in [0.25, 0.3) is 0 Å². The van der Waals surface area contributed by atoms with Crippen molar-refractivity contribution in [3.63, 3.8) is 0 Å². The van der Waals surface area contributed by atoms with Crippen molar-refractivity contribution in [2.75, 3.05) is 0 Å². The molecule has 0 aromatic heterocycles. The normalized spacial score (nSPS) is 45.2. The minimum atomic E-state index is 0.499. The monoisotopic (exact) mass is 236 g/mol. The second-order valence-electron chi connectivity index (χ2n) is 6.78. The molecule has 0 N–H and O–H groups in total. The highest BCUT2D eigenvalue weighted by Gasteiger charge is 2.54. The van der Waals surface area contributed by atoms with E-state index in [4.69, 9.17) is 4.74 Å². The summed E-state index contributed by atoms with van der Waals surface area (Å²) >= 11 is 0. The molecule has 3 fully saturated rings. The molecule has 3 aliphatic rings. The lowest BCUT2D eigenvalue weighted by atomic mass is 9.80. The molecule has 0 aromatic carbocycles. The molecule has 1 heteroatoms. The molecule has 0 aliphatic heterocycles. The Hall–Kier alpha value is -0.0400. The van der Waals surface area contributed by atoms with Crippen molar-refractivity contribution in [2.45, 2.75) is 77.4 Å². The van der Waals surface area contributed by atoms with E-state index in [1.807, 2.05) is 0 Å². The van der Waals surface area contributed by atoms with Crippen molar-refractivity contribution >= 4 is 0 Å². The van der Waals surface area contributed by atoms with E-state index in [9.17, 15) is 0 Å². The van der Waals surface area contributed by atoms with Crippen molar-refractivity contribution in [2.24, 2.45) is 23.7 Å². The molecular formula is C16H28O. The number of hydrogen-bond donors (Lipinski definition) is 0. The molecule has 2 bridgehead atoms. The van der Waals surface area contributed by atoms with Gasteiger partial charge in [-0.05, 0) is 62.7 Å². The van der Waals surface area contributed by atoms with E-state index in [1.54, 1.807) is 0 Å². The minimum Gasteiger partial charge on any atom is -0.375 e. The van der Waals surface area contributed by atoms with Gasteiger partial charge in [0.1, 0.15) is 0 Å². The van der Waals surface area contributed by atoms with Crippen molar-refractivity contribution in [1.82, 2.24) is 0 Å². The van der Waals surface area contributed by atoms with Gasteiger partial charge < -0.3 is 4.74 Å². The molecule has 0 saturated heterocycles. The SMILES string of the molecule is CCCCC(C)OC1CC2CC1C1CCCC21. The highest BCUT2D eigenvalue weighted by molar-refractivity contribution is 5.03. The second kappa shape index (κ2) is 4.91. The Morgan fingerprint density at radius 2 is 1.94 bits per heavy atom. The van der Waals surface area contributed by atoms with Crippen LogP contribution in [0.5, 0.6) is 0 Å². The summed E-state index contributed by atoms with van der Waals surface area (Å²) in [7, 11) is 0. The van der Waals surface area contributed by atoms with Gasteiger partial charge in [-0.3, -0.25) is 0 Å². The van der Waals surface area contributed by atoms with Gasteiger partial charge in [0.05, 0.1) is 12.2 Å². The molecule has 6 unspecified atom stereocenters. The lowest BCUT2D eigenvalue weighted by molar-refractivity contribution is -0.0536. The summed E-state index contributed by atoms with van der Waals surface area (Å²) in [5.74, 6) is 4.13. The smallest absolute Gasteiger partial charge is 0.0612 e. The van der Waals surface area contributed by atoms with Gasteiger partial charge in [0.25, 0.3) is 0 Å². The molecule has 17 heavy (non-hydrogen) atoms. The third-order valence-corrected chi connectivity index (χ3v) is 5.74. The first kappa shape index (κ1) is 12.0. The fourth-order valence-corrected chi connectivity index (χ4v) is 5.02. The Labute approximate surface area is 106 Å². The van der Waals surface area contributed by atoms with Gasteiger partial charge in [-0.2, -0.15) is 0 Å². The Balaban J connectivity index is 1.53. The largest absolute Gasteiger partial charge is 0.375 e. The standard InChI is InChI=1S/C16H28O/c1-3-4-6-11(2)17-16-10-12-9-15(16)14-8-5-7-13(12)14/h11-16H,3-10H2,1-2H3. The van der Waals surface area contributed by atoms with Gasteiger partial charge in [-0.25, -0.2) is 0 Å². The summed E-state index contributed by atoms with van der Waals surface area (Å²) in [6.45, 7) is 4.56. The van der Waals surface area contributed by atoms with Crippen LogP contribution in [0.3, 0.4) is 0 Å². The van der Waals surface area contributed by atoms with Crippen molar-refractivity contribution in [1.29, 1.82) is 0 Å². The predicted molar refractivity (Wildman–Crippen MR) is 70.9 cm³/mol. The maximum Gasteiger partial charge on any atom is 0.0612 e. The molecule has 0 radical (unpaired) electrons. The summed E-state index contributed by atoms with van der Waals surface area (Å²) in [5, 5.41) is 0. The Morgan fingerprint density at radius 1 is 1.12 bits per heavy atom. The first-order chi connectivity index (χ1) is 8.29. The number of ether oxygens (including phenoxy) is 1. The molecule has 3 aliphatic carbocycles. The van der Waals surface area contributed by atoms with Crippen molar-refractivity contribution in [3.8, 4) is 0 Å². The summed E-state index contributed by atoms with van der Waals surface area (Å²) < 4.78 is 6.36. The maximum absolute atomic E-state index is 6.36. The van der Waals surface area contributed by atoms with Crippen LogP contribution in [0.15, 0.2) is 0 Å². The third kappa shape index (κ3) is 2.16. The van der Waals surface area contributed by atoms with Crippen LogP contribution >= 0.6 is 0 Å². The fraction of sp³-hybridized carbons (Fsp3) is 1.00. The Kier molecular flexibility index (Phi) is 3.47. The number of fused-ring (bicyclic) bond motifs is 5. The molecule has 1 nitrogen and oxygen atoms in total. The molecule has 0 heterocycles. The first-order valence-corrected chi connectivity index (χ1v) is 7.95. The zero-order valence-corrected chi connectivity index (χ0v) is 11.5. The van der Waals surface area contributed by atoms with E-state index >= 15 is 0 Å². The second-order valence-corrected chi connectivity index (χ2v) is 6.78. The predicted octanol–water partition coefficient (Wildman–Crippen LogP) is 4.41. The zero-order valence-electron chi connectivity index (χ0n) is 11.5. The highest BCUT2D eigenvalue weighted by atomic mass is 16.5. The molecule has 0 amide bonds. The van der Waals surface area contributed by atoms with Crippen LogP contribution in [-0.4, -0.2) is 12.2 Å². The van der Waals surface area contributed by atoms with E-state index in [1.165, 1.54) is 51.4 Å². The van der Waals surface area contributed by atoms with Crippen LogP contribution in [0.1, 0.15) is 65.2 Å². The quantitative estimate of drug-likeness (QED) is 0.687. The molecule has 0 aromatic rings. The third-order valence-electron chi connectivity index (χ3n) is 5.74. The summed E-state index contributed by atoms with van der Waals surface area (Å²) in [6, 6.07) is 0. The van der Waals surface area contributed by atoms with Crippen molar-refractivity contribution < 1.29 is 4.74 Å². The molecular weight excluding hydrogens is 208 g/mol. The highest BCUT2D eigenvalue weighted by Crippen LogP contribution is 2.59. The lowest BCUT2D eigenvalue weighted by Gasteiger charge is -2.33. The number of unbranched alkanes of at least 4 members (excludes halogenated alkanes) is 1. The minimum absolute atomic E-state index is 0.499. The molecule has 3 rings (SSSR count). The van der Waals surface area contributed by atoms with E-state index in [0.717, 1.165) is 23.7 Å². The van der Waals surface area contributed by atoms with Gasteiger partial charge in [0.15, 0.2) is 0 Å². The van der Waals surface area contributed by atoms with Crippen molar-refractivity contribution in [3.05, 3.63) is 0 Å². The average Bonchev–Trinajstić information content (AvgIpc) is 2.96. The Bertz CT molecular complexity index is 262. The van der Waals surface area contributed by atoms with Gasteiger partial charge >= 0.3 is 0 Å². The molecule has 98 valence electrons. The van der Waals surface area contributed by atoms with Crippen LogP contribution in [-0.2, 0) is 4.74 Å². The van der Waals surface area contributed by atoms with E-state index in [-0.39, 0.29) is 0 Å². The number of hydrogen-bond acceptors (Lipinski definition) is 1. The fourth-order valence-electron chi connectivity index (χ4n) is 5.02. The molecule has 3 saturated carbocycles. The first-order valence-electron chi connectivity index (χ1n) is 7.95. The van der Waals surface area contributed by atoms with Gasteiger partial charge in [-0.1, -0.05) is 26.2 Å². The van der Waals surface area contributed by atoms with Crippen LogP contribution in [0.2, 0.25) is 0 Å². The summed E-state index contributed by atoms with van der Waals surface area (Å²) in [6.07, 6.45) is 12.5. The number of rotatable bonds is 5. The van der Waals surface area contributed by atoms with Crippen LogP contribution in [0.4, 0.5) is 0 Å². The van der Waals surface area contributed by atoms with E-state index < -0.39 is 0 Å². The van der Waals surface area contributed by atoms with Gasteiger partial charge in [-0.15, -0.1) is 0 Å². The van der Waals surface area contributed by atoms with Gasteiger partial charge in [0.2, 0.25) is 0 Å². The lowest BCUT2D eigenvalue weighted by Crippen LogP contribution is -2.32. The van der Waals surface area contributed by atoms with E-state index in [2.05, 4.69) is 13.8 Å². The summed E-state index contributed by atoms with van der Waals surface area (Å²) in [4.78, 5) is 0. The summed E-state index contributed by atoms with van der Waals surface area (Å²) in [5.41, 5.74) is 0.